The highest BCUT2D eigenvalue weighted by molar-refractivity contribution is 7.85. The topological polar surface area (TPSA) is 85.1 Å². The van der Waals surface area contributed by atoms with E-state index in [-0.39, 0.29) is 11.1 Å². The lowest BCUT2D eigenvalue weighted by Crippen LogP contribution is -2.17. The molecule has 0 spiro atoms. The Morgan fingerprint density at radius 2 is 1.93 bits per heavy atom. The van der Waals surface area contributed by atoms with E-state index in [0.717, 1.165) is 0 Å². The normalized spacial score (nSPS) is 13.1. The van der Waals surface area contributed by atoms with Crippen LogP contribution in [0.5, 0.6) is 0 Å². The molecule has 0 saturated heterocycles. The summed E-state index contributed by atoms with van der Waals surface area (Å²) >= 11 is 0. The minimum absolute atomic E-state index is 0.273. The molecule has 1 aromatic rings. The van der Waals surface area contributed by atoms with Crippen molar-refractivity contribution in [2.75, 3.05) is 0 Å². The van der Waals surface area contributed by atoms with Crippen molar-refractivity contribution >= 4 is 10.1 Å². The molecule has 0 unspecified atom stereocenters. The van der Waals surface area contributed by atoms with E-state index >= 15 is 0 Å². The molecule has 10 heteroatoms. The van der Waals surface area contributed by atoms with Gasteiger partial charge in [0, 0.05) is 6.54 Å². The molecule has 0 aliphatic rings. The number of rotatable bonds is 2. The molecule has 0 radical (unpaired) electrons. The van der Waals surface area contributed by atoms with Crippen LogP contribution in [-0.2, 0) is 22.8 Å². The maximum atomic E-state index is 12.2. The Hall–Kier alpha value is -1.16. The molecule has 0 aromatic carbocycles. The molecule has 0 saturated carbocycles. The van der Waals surface area contributed by atoms with Crippen molar-refractivity contribution in [3.05, 3.63) is 5.82 Å². The van der Waals surface area contributed by atoms with Gasteiger partial charge in [-0.3, -0.25) is 9.12 Å². The Bertz CT molecular complexity index is 464. The molecule has 86 valence electrons. The minimum Gasteiger partial charge on any atom is -0.293 e. The Balaban J connectivity index is 3.44. The largest absolute Gasteiger partial charge is 0.451 e. The van der Waals surface area contributed by atoms with E-state index in [0.29, 0.717) is 0 Å². The fourth-order valence-electron chi connectivity index (χ4n) is 0.974. The summed E-state index contributed by atoms with van der Waals surface area (Å²) in [6.45, 7) is 0.949. The van der Waals surface area contributed by atoms with Crippen LogP contribution in [-0.4, -0.2) is 27.7 Å². The lowest BCUT2D eigenvalue weighted by molar-refractivity contribution is -0.147. The van der Waals surface area contributed by atoms with E-state index in [1.165, 1.54) is 6.92 Å². The van der Waals surface area contributed by atoms with Crippen molar-refractivity contribution in [2.45, 2.75) is 24.8 Å². The fourth-order valence-corrected chi connectivity index (χ4v) is 1.61. The van der Waals surface area contributed by atoms with Gasteiger partial charge in [-0.2, -0.15) is 21.6 Å². The number of hydrogen-bond donors (Lipinski definition) is 1. The molecule has 1 aromatic heterocycles. The first kappa shape index (κ1) is 11.9. The Morgan fingerprint density at radius 1 is 1.40 bits per heavy atom. The van der Waals surface area contributed by atoms with Crippen molar-refractivity contribution in [2.24, 2.45) is 0 Å². The average Bonchev–Trinajstić information content (AvgIpc) is 2.43. The Kier molecular flexibility index (Phi) is 2.74. The first-order valence-electron chi connectivity index (χ1n) is 3.65. The van der Waals surface area contributed by atoms with Crippen LogP contribution in [0.2, 0.25) is 0 Å². The van der Waals surface area contributed by atoms with Gasteiger partial charge in [-0.1, -0.05) is 0 Å². The van der Waals surface area contributed by atoms with Crippen LogP contribution in [0.1, 0.15) is 12.7 Å². The molecule has 0 atom stereocenters. The maximum absolute atomic E-state index is 12.2. The lowest BCUT2D eigenvalue weighted by atomic mass is 10.5. The quantitative estimate of drug-likeness (QED) is 0.769. The third-order valence-electron chi connectivity index (χ3n) is 1.52. The molecule has 0 bridgehead atoms. The van der Waals surface area contributed by atoms with Gasteiger partial charge in [0.25, 0.3) is 5.16 Å². The second kappa shape index (κ2) is 3.45. The molecule has 1 N–H and O–H groups in total. The molecule has 1 heterocycles. The van der Waals surface area contributed by atoms with Gasteiger partial charge in [0.2, 0.25) is 5.82 Å². The SMILES string of the molecule is CCn1c(C(F)(F)F)nnc1S(=O)(=O)O. The summed E-state index contributed by atoms with van der Waals surface area (Å²) in [5, 5.41) is 4.34. The van der Waals surface area contributed by atoms with Crippen LogP contribution in [0.4, 0.5) is 13.2 Å². The zero-order valence-corrected chi connectivity index (χ0v) is 8.17. The molecule has 1 rings (SSSR count). The van der Waals surface area contributed by atoms with Gasteiger partial charge in [-0.15, -0.1) is 10.2 Å². The number of alkyl halides is 3. The summed E-state index contributed by atoms with van der Waals surface area (Å²) in [4.78, 5) is 0. The van der Waals surface area contributed by atoms with E-state index in [4.69, 9.17) is 4.55 Å². The Labute approximate surface area is 82.5 Å². The zero-order valence-electron chi connectivity index (χ0n) is 7.35. The summed E-state index contributed by atoms with van der Waals surface area (Å²) in [7, 11) is -4.80. The van der Waals surface area contributed by atoms with E-state index in [9.17, 15) is 21.6 Å². The highest BCUT2D eigenvalue weighted by Crippen LogP contribution is 2.28. The van der Waals surface area contributed by atoms with Gasteiger partial charge >= 0.3 is 16.3 Å². The van der Waals surface area contributed by atoms with Gasteiger partial charge in [-0.25, -0.2) is 0 Å². The van der Waals surface area contributed by atoms with Crippen LogP contribution in [0.3, 0.4) is 0 Å². The molecule has 15 heavy (non-hydrogen) atoms. The van der Waals surface area contributed by atoms with Crippen LogP contribution < -0.4 is 0 Å². The standard InChI is InChI=1S/C5H6F3N3O3S/c1-2-11-3(5(6,7)8)9-10-4(11)15(12,13)14/h2H2,1H3,(H,12,13,14). The summed E-state index contributed by atoms with van der Waals surface area (Å²) in [6, 6.07) is 0. The van der Waals surface area contributed by atoms with Gasteiger partial charge in [0.05, 0.1) is 0 Å². The van der Waals surface area contributed by atoms with E-state index in [1.54, 1.807) is 0 Å². The second-order valence-electron chi connectivity index (χ2n) is 2.52. The predicted octanol–water partition coefficient (Wildman–Crippen LogP) is 0.564. The predicted molar refractivity (Wildman–Crippen MR) is 40.5 cm³/mol. The number of hydrogen-bond acceptors (Lipinski definition) is 4. The third kappa shape index (κ3) is 2.26. The molecular weight excluding hydrogens is 239 g/mol. The molecular formula is C5H6F3N3O3S. The molecule has 0 fully saturated rings. The van der Waals surface area contributed by atoms with Crippen LogP contribution in [0, 0.1) is 0 Å². The number of nitrogens with zero attached hydrogens (tertiary/aromatic N) is 3. The van der Waals surface area contributed by atoms with E-state index in [2.05, 4.69) is 10.2 Å². The second-order valence-corrected chi connectivity index (χ2v) is 3.84. The average molecular weight is 245 g/mol. The van der Waals surface area contributed by atoms with Crippen LogP contribution >= 0.6 is 0 Å². The first-order valence-corrected chi connectivity index (χ1v) is 5.09. The minimum atomic E-state index is -4.81. The zero-order chi connectivity index (χ0) is 11.9. The highest BCUT2D eigenvalue weighted by Gasteiger charge is 2.39. The lowest BCUT2D eigenvalue weighted by Gasteiger charge is -2.07. The third-order valence-corrected chi connectivity index (χ3v) is 2.28. The van der Waals surface area contributed by atoms with Crippen molar-refractivity contribution in [3.63, 3.8) is 0 Å². The summed E-state index contributed by atoms with van der Waals surface area (Å²) in [5.41, 5.74) is 0. The van der Waals surface area contributed by atoms with Crippen LogP contribution in [0.25, 0.3) is 0 Å². The number of aromatic nitrogens is 3. The summed E-state index contributed by atoms with van der Waals surface area (Å²) in [5.74, 6) is -1.46. The molecule has 0 aliphatic heterocycles. The van der Waals surface area contributed by atoms with Crippen molar-refractivity contribution < 1.29 is 26.1 Å². The van der Waals surface area contributed by atoms with Gasteiger partial charge in [0.15, 0.2) is 0 Å². The smallest absolute Gasteiger partial charge is 0.293 e. The van der Waals surface area contributed by atoms with Crippen LogP contribution in [0.15, 0.2) is 5.16 Å². The van der Waals surface area contributed by atoms with E-state index in [1.807, 2.05) is 0 Å². The monoisotopic (exact) mass is 245 g/mol. The Morgan fingerprint density at radius 3 is 2.27 bits per heavy atom. The number of halogens is 3. The van der Waals surface area contributed by atoms with Crippen molar-refractivity contribution in [1.82, 2.24) is 14.8 Å². The van der Waals surface area contributed by atoms with Gasteiger partial charge in [-0.05, 0) is 6.92 Å². The first-order chi connectivity index (χ1) is 6.68. The fraction of sp³-hybridized carbons (Fsp3) is 0.600. The van der Waals surface area contributed by atoms with Crippen molar-refractivity contribution in [3.8, 4) is 0 Å². The van der Waals surface area contributed by atoms with E-state index < -0.39 is 27.3 Å². The van der Waals surface area contributed by atoms with Gasteiger partial charge in [0.1, 0.15) is 0 Å². The summed E-state index contributed by atoms with van der Waals surface area (Å²) < 4.78 is 66.8. The van der Waals surface area contributed by atoms with Gasteiger partial charge < -0.3 is 0 Å². The maximum Gasteiger partial charge on any atom is 0.451 e. The summed E-state index contributed by atoms with van der Waals surface area (Å²) in [6.07, 6.45) is -4.81. The molecule has 0 aliphatic carbocycles. The molecule has 0 amide bonds. The van der Waals surface area contributed by atoms with Crippen molar-refractivity contribution in [1.29, 1.82) is 0 Å². The molecule has 6 nitrogen and oxygen atoms in total. The highest BCUT2D eigenvalue weighted by atomic mass is 32.2.